The van der Waals surface area contributed by atoms with Gasteiger partial charge >= 0.3 is 0 Å². The number of fused-ring (bicyclic) bond motifs is 1. The van der Waals surface area contributed by atoms with Crippen LogP contribution in [0.1, 0.15) is 20.8 Å². The summed E-state index contributed by atoms with van der Waals surface area (Å²) < 4.78 is 1.40. The molecule has 0 aliphatic rings. The molecule has 0 atom stereocenters. The molecule has 0 spiro atoms. The Kier molecular flexibility index (Phi) is 3.95. The van der Waals surface area contributed by atoms with Gasteiger partial charge in [-0.1, -0.05) is 17.7 Å². The second-order valence-electron chi connectivity index (χ2n) is 5.33. The summed E-state index contributed by atoms with van der Waals surface area (Å²) in [7, 11) is 1.64. The van der Waals surface area contributed by atoms with Crippen molar-refractivity contribution in [3.8, 4) is 0 Å². The smallest absolute Gasteiger partial charge is 0.266 e. The van der Waals surface area contributed by atoms with Gasteiger partial charge in [0.2, 0.25) is 0 Å². The summed E-state index contributed by atoms with van der Waals surface area (Å²) in [5.41, 5.74) is 2.04. The lowest BCUT2D eigenvalue weighted by Gasteiger charge is -2.07. The number of hydrogen-bond donors (Lipinski definition) is 1. The molecular weight excluding hydrogens is 334 g/mol. The SMILES string of the molecule is Cc1ccc(NC(=O)c2sc3ncn(C)c(=O)c3c2C)c(Cl)c1. The minimum Gasteiger partial charge on any atom is -0.320 e. The molecule has 0 aliphatic heterocycles. The fourth-order valence-corrected chi connectivity index (χ4v) is 3.64. The standard InChI is InChI=1S/C16H14ClN3O2S/c1-8-4-5-11(10(17)6-8)19-14(21)13-9(2)12-15(23-13)18-7-20(3)16(12)22/h4-7H,1-3H3,(H,19,21). The average molecular weight is 348 g/mol. The van der Waals surface area contributed by atoms with Crippen molar-refractivity contribution in [2.45, 2.75) is 13.8 Å². The largest absolute Gasteiger partial charge is 0.320 e. The van der Waals surface area contributed by atoms with E-state index in [2.05, 4.69) is 10.3 Å². The number of rotatable bonds is 2. The molecule has 118 valence electrons. The van der Waals surface area contributed by atoms with Crippen LogP contribution in [0, 0.1) is 13.8 Å². The third kappa shape index (κ3) is 2.75. The van der Waals surface area contributed by atoms with Gasteiger partial charge in [0.25, 0.3) is 11.5 Å². The molecule has 1 amide bonds. The summed E-state index contributed by atoms with van der Waals surface area (Å²) in [6.45, 7) is 3.68. The molecule has 5 nitrogen and oxygen atoms in total. The van der Waals surface area contributed by atoms with Crippen LogP contribution in [0.25, 0.3) is 10.2 Å². The van der Waals surface area contributed by atoms with E-state index in [4.69, 9.17) is 11.6 Å². The molecule has 0 unspecified atom stereocenters. The summed E-state index contributed by atoms with van der Waals surface area (Å²) in [6, 6.07) is 5.42. The summed E-state index contributed by atoms with van der Waals surface area (Å²) >= 11 is 7.35. The zero-order valence-electron chi connectivity index (χ0n) is 12.8. The van der Waals surface area contributed by atoms with Crippen LogP contribution in [0.3, 0.4) is 0 Å². The van der Waals surface area contributed by atoms with Crippen LogP contribution in [0.2, 0.25) is 5.02 Å². The molecule has 0 bridgehead atoms. The summed E-state index contributed by atoms with van der Waals surface area (Å²) in [6.07, 6.45) is 1.46. The lowest BCUT2D eigenvalue weighted by molar-refractivity contribution is 0.103. The lowest BCUT2D eigenvalue weighted by atomic mass is 10.2. The first kappa shape index (κ1) is 15.7. The van der Waals surface area contributed by atoms with Crippen molar-refractivity contribution in [1.29, 1.82) is 0 Å². The van der Waals surface area contributed by atoms with Crippen molar-refractivity contribution in [1.82, 2.24) is 9.55 Å². The number of nitrogens with zero attached hydrogens (tertiary/aromatic N) is 2. The topological polar surface area (TPSA) is 64.0 Å². The van der Waals surface area contributed by atoms with Gasteiger partial charge in [0.1, 0.15) is 4.83 Å². The normalized spacial score (nSPS) is 11.0. The molecule has 23 heavy (non-hydrogen) atoms. The van der Waals surface area contributed by atoms with Gasteiger partial charge in [-0.05, 0) is 37.1 Å². The second-order valence-corrected chi connectivity index (χ2v) is 6.74. The van der Waals surface area contributed by atoms with Gasteiger partial charge in [0, 0.05) is 7.05 Å². The Morgan fingerprint density at radius 1 is 1.35 bits per heavy atom. The summed E-state index contributed by atoms with van der Waals surface area (Å²) in [5, 5.41) is 3.76. The minimum absolute atomic E-state index is 0.156. The highest BCUT2D eigenvalue weighted by atomic mass is 35.5. The molecule has 7 heteroatoms. The fourth-order valence-electron chi connectivity index (χ4n) is 2.33. The Morgan fingerprint density at radius 2 is 2.09 bits per heavy atom. The van der Waals surface area contributed by atoms with Crippen LogP contribution < -0.4 is 10.9 Å². The van der Waals surface area contributed by atoms with Gasteiger partial charge in [0.15, 0.2) is 0 Å². The summed E-state index contributed by atoms with van der Waals surface area (Å²) in [4.78, 5) is 30.0. The van der Waals surface area contributed by atoms with Gasteiger partial charge in [-0.25, -0.2) is 4.98 Å². The number of halogens is 1. The van der Waals surface area contributed by atoms with Crippen LogP contribution >= 0.6 is 22.9 Å². The first-order valence-corrected chi connectivity index (χ1v) is 8.10. The number of amides is 1. The molecule has 0 radical (unpaired) electrons. The Labute approximate surface area is 141 Å². The number of aryl methyl sites for hydroxylation is 3. The Morgan fingerprint density at radius 3 is 2.78 bits per heavy atom. The predicted octanol–water partition coefficient (Wildman–Crippen LogP) is 3.52. The molecule has 0 saturated heterocycles. The maximum absolute atomic E-state index is 12.5. The highest BCUT2D eigenvalue weighted by Crippen LogP contribution is 2.29. The monoisotopic (exact) mass is 347 g/mol. The molecule has 3 aromatic rings. The molecule has 0 aliphatic carbocycles. The highest BCUT2D eigenvalue weighted by Gasteiger charge is 2.19. The maximum atomic E-state index is 12.5. The third-order valence-corrected chi connectivity index (χ3v) is 5.10. The molecule has 1 aromatic carbocycles. The molecule has 0 saturated carbocycles. The molecule has 1 N–H and O–H groups in total. The Hall–Kier alpha value is -2.18. The number of carbonyl (C=O) groups is 1. The van der Waals surface area contributed by atoms with E-state index in [9.17, 15) is 9.59 Å². The van der Waals surface area contributed by atoms with E-state index in [0.29, 0.717) is 31.4 Å². The van der Waals surface area contributed by atoms with E-state index in [1.165, 1.54) is 22.2 Å². The Balaban J connectivity index is 2.03. The van der Waals surface area contributed by atoms with Crippen molar-refractivity contribution < 1.29 is 4.79 Å². The van der Waals surface area contributed by atoms with E-state index >= 15 is 0 Å². The Bertz CT molecular complexity index is 991. The van der Waals surface area contributed by atoms with Crippen LogP contribution in [0.5, 0.6) is 0 Å². The number of benzene rings is 1. The van der Waals surface area contributed by atoms with Gasteiger partial charge in [-0.15, -0.1) is 11.3 Å². The third-order valence-electron chi connectivity index (χ3n) is 3.59. The van der Waals surface area contributed by atoms with E-state index < -0.39 is 0 Å². The molecule has 3 rings (SSSR count). The quantitative estimate of drug-likeness (QED) is 0.771. The van der Waals surface area contributed by atoms with Crippen LogP contribution in [0.15, 0.2) is 29.3 Å². The number of hydrogen-bond acceptors (Lipinski definition) is 4. The van der Waals surface area contributed by atoms with Gasteiger partial charge < -0.3 is 9.88 Å². The average Bonchev–Trinajstić information content (AvgIpc) is 2.84. The van der Waals surface area contributed by atoms with Crippen LogP contribution in [-0.4, -0.2) is 15.5 Å². The van der Waals surface area contributed by atoms with Gasteiger partial charge in [-0.3, -0.25) is 9.59 Å². The van der Waals surface area contributed by atoms with Crippen LogP contribution in [0.4, 0.5) is 5.69 Å². The number of nitrogens with one attached hydrogen (secondary N) is 1. The van der Waals surface area contributed by atoms with E-state index in [-0.39, 0.29) is 11.5 Å². The van der Waals surface area contributed by atoms with Crippen molar-refractivity contribution in [2.24, 2.45) is 7.05 Å². The number of aromatic nitrogens is 2. The highest BCUT2D eigenvalue weighted by molar-refractivity contribution is 7.20. The first-order valence-electron chi connectivity index (χ1n) is 6.90. The van der Waals surface area contributed by atoms with Crippen LogP contribution in [-0.2, 0) is 7.05 Å². The molecule has 0 fully saturated rings. The molecular formula is C16H14ClN3O2S. The molecule has 2 aromatic heterocycles. The molecule has 2 heterocycles. The minimum atomic E-state index is -0.293. The number of anilines is 1. The van der Waals surface area contributed by atoms with E-state index in [1.807, 2.05) is 13.0 Å². The summed E-state index contributed by atoms with van der Waals surface area (Å²) in [5.74, 6) is -0.293. The van der Waals surface area contributed by atoms with Crippen molar-refractivity contribution in [2.75, 3.05) is 5.32 Å². The zero-order chi connectivity index (χ0) is 16.7. The first-order chi connectivity index (χ1) is 10.9. The van der Waals surface area contributed by atoms with Crippen molar-refractivity contribution >= 4 is 44.7 Å². The fraction of sp³-hybridized carbons (Fsp3) is 0.188. The zero-order valence-corrected chi connectivity index (χ0v) is 14.4. The lowest BCUT2D eigenvalue weighted by Crippen LogP contribution is -2.17. The maximum Gasteiger partial charge on any atom is 0.266 e. The van der Waals surface area contributed by atoms with Crippen molar-refractivity contribution in [3.63, 3.8) is 0 Å². The number of carbonyl (C=O) groups excluding carboxylic acids is 1. The number of thiophene rings is 1. The van der Waals surface area contributed by atoms with Gasteiger partial charge in [0.05, 0.1) is 27.3 Å². The second kappa shape index (κ2) is 5.79. The van der Waals surface area contributed by atoms with Crippen molar-refractivity contribution in [3.05, 3.63) is 55.9 Å². The van der Waals surface area contributed by atoms with E-state index in [0.717, 1.165) is 5.56 Å². The predicted molar refractivity (Wildman–Crippen MR) is 93.7 cm³/mol. The van der Waals surface area contributed by atoms with Gasteiger partial charge in [-0.2, -0.15) is 0 Å². The van der Waals surface area contributed by atoms with E-state index in [1.54, 1.807) is 26.1 Å².